The van der Waals surface area contributed by atoms with Crippen LogP contribution in [0.15, 0.2) is 54.6 Å². The van der Waals surface area contributed by atoms with Gasteiger partial charge in [-0.05, 0) is 24.1 Å². The Kier molecular flexibility index (Phi) is 3.42. The van der Waals surface area contributed by atoms with Crippen LogP contribution in [0.1, 0.15) is 18.9 Å². The number of hydrogen-bond donors (Lipinski definition) is 1. The number of hydrogen-bond acceptors (Lipinski definition) is 1. The fourth-order valence-electron chi connectivity index (χ4n) is 2.67. The summed E-state index contributed by atoms with van der Waals surface area (Å²) in [6.45, 7) is 3.79. The van der Waals surface area contributed by atoms with Gasteiger partial charge in [-0.2, -0.15) is 0 Å². The summed E-state index contributed by atoms with van der Waals surface area (Å²) in [6, 6.07) is 18.6. The van der Waals surface area contributed by atoms with E-state index in [1.54, 1.807) is 0 Å². The van der Waals surface area contributed by atoms with Crippen molar-refractivity contribution in [1.82, 2.24) is 9.13 Å². The van der Waals surface area contributed by atoms with E-state index in [0.717, 1.165) is 30.5 Å². The average molecular weight is 265 g/mol. The van der Waals surface area contributed by atoms with Gasteiger partial charge in [0.25, 0.3) is 0 Å². The van der Waals surface area contributed by atoms with Gasteiger partial charge < -0.3 is 9.13 Å². The van der Waals surface area contributed by atoms with Crippen molar-refractivity contribution in [2.45, 2.75) is 26.4 Å². The molecule has 3 heteroatoms. The molecule has 0 unspecified atom stereocenters. The normalized spacial score (nSPS) is 11.1. The van der Waals surface area contributed by atoms with Crippen LogP contribution in [0.25, 0.3) is 11.0 Å². The minimum absolute atomic E-state index is 0.580. The van der Waals surface area contributed by atoms with Crippen molar-refractivity contribution in [3.63, 3.8) is 0 Å². The highest BCUT2D eigenvalue weighted by Gasteiger charge is 2.09. The third-order valence-electron chi connectivity index (χ3n) is 3.61. The molecule has 0 radical (unpaired) electrons. The lowest BCUT2D eigenvalue weighted by atomic mass is 10.2. The Balaban J connectivity index is 2.15. The fraction of sp³-hybridized carbons (Fsp3) is 0.235. The van der Waals surface area contributed by atoms with Crippen molar-refractivity contribution < 1.29 is 0 Å². The Bertz CT molecular complexity index is 766. The highest BCUT2D eigenvalue weighted by atomic mass is 15.2. The molecule has 3 nitrogen and oxygen atoms in total. The molecule has 3 aromatic rings. The summed E-state index contributed by atoms with van der Waals surface area (Å²) in [6.07, 6.45) is 1.04. The second-order valence-corrected chi connectivity index (χ2v) is 5.04. The van der Waals surface area contributed by atoms with E-state index >= 15 is 0 Å². The number of imidazole rings is 1. The molecule has 1 aromatic heterocycles. The van der Waals surface area contributed by atoms with Crippen molar-refractivity contribution in [2.75, 3.05) is 0 Å². The van der Waals surface area contributed by atoms with E-state index in [0.29, 0.717) is 5.62 Å². The number of para-hydroxylation sites is 2. The molecule has 2 aromatic carbocycles. The molecule has 0 spiro atoms. The van der Waals surface area contributed by atoms with Gasteiger partial charge in [0.2, 0.25) is 5.62 Å². The van der Waals surface area contributed by atoms with Gasteiger partial charge in [0.15, 0.2) is 0 Å². The number of nitrogens with one attached hydrogen (secondary N) is 1. The van der Waals surface area contributed by atoms with Crippen LogP contribution in [0.5, 0.6) is 0 Å². The van der Waals surface area contributed by atoms with Gasteiger partial charge in [-0.1, -0.05) is 49.4 Å². The smallest absolute Gasteiger partial charge is 0.203 e. The number of aromatic nitrogens is 2. The van der Waals surface area contributed by atoms with Crippen molar-refractivity contribution in [1.29, 1.82) is 5.41 Å². The van der Waals surface area contributed by atoms with Gasteiger partial charge in [0, 0.05) is 6.54 Å². The van der Waals surface area contributed by atoms with E-state index < -0.39 is 0 Å². The van der Waals surface area contributed by atoms with Gasteiger partial charge in [-0.25, -0.2) is 0 Å². The van der Waals surface area contributed by atoms with Gasteiger partial charge in [-0.3, -0.25) is 5.41 Å². The van der Waals surface area contributed by atoms with Crippen molar-refractivity contribution in [2.24, 2.45) is 0 Å². The van der Waals surface area contributed by atoms with Gasteiger partial charge >= 0.3 is 0 Å². The average Bonchev–Trinajstić information content (AvgIpc) is 2.75. The number of fused-ring (bicyclic) bond motifs is 1. The summed E-state index contributed by atoms with van der Waals surface area (Å²) in [7, 11) is 0. The van der Waals surface area contributed by atoms with Crippen LogP contribution in [-0.2, 0) is 13.1 Å². The predicted octanol–water partition coefficient (Wildman–Crippen LogP) is 3.38. The zero-order chi connectivity index (χ0) is 13.9. The summed E-state index contributed by atoms with van der Waals surface area (Å²) in [5.41, 5.74) is 4.09. The lowest BCUT2D eigenvalue weighted by Crippen LogP contribution is -2.25. The molecular weight excluding hydrogens is 246 g/mol. The molecule has 0 saturated carbocycles. The minimum Gasteiger partial charge on any atom is -0.310 e. The molecular formula is C17H19N3. The lowest BCUT2D eigenvalue weighted by Gasteiger charge is -2.04. The second-order valence-electron chi connectivity index (χ2n) is 5.04. The summed E-state index contributed by atoms with van der Waals surface area (Å²) in [5, 5.41) is 8.45. The third kappa shape index (κ3) is 2.16. The molecule has 0 saturated heterocycles. The van der Waals surface area contributed by atoms with Crippen molar-refractivity contribution in [3.05, 3.63) is 65.8 Å². The zero-order valence-electron chi connectivity index (χ0n) is 11.7. The Labute approximate surface area is 118 Å². The Hall–Kier alpha value is -2.29. The zero-order valence-corrected chi connectivity index (χ0v) is 11.7. The van der Waals surface area contributed by atoms with Crippen LogP contribution in [0.2, 0.25) is 0 Å². The van der Waals surface area contributed by atoms with Crippen LogP contribution in [0, 0.1) is 5.41 Å². The molecule has 1 N–H and O–H groups in total. The Morgan fingerprint density at radius 1 is 0.850 bits per heavy atom. The monoisotopic (exact) mass is 265 g/mol. The molecule has 0 fully saturated rings. The Morgan fingerprint density at radius 3 is 2.10 bits per heavy atom. The molecule has 0 bridgehead atoms. The standard InChI is InChI=1S/C17H19N3/c1-2-12-19-15-10-6-7-11-16(15)20(17(19)18)13-14-8-4-3-5-9-14/h3-11,18H,2,12-13H2,1H3. The largest absolute Gasteiger partial charge is 0.310 e. The van der Waals surface area contributed by atoms with Gasteiger partial charge in [-0.15, -0.1) is 0 Å². The molecule has 3 rings (SSSR count). The maximum Gasteiger partial charge on any atom is 0.203 e. The molecule has 0 aliphatic rings. The molecule has 0 amide bonds. The maximum absolute atomic E-state index is 8.45. The van der Waals surface area contributed by atoms with E-state index in [2.05, 4.69) is 40.3 Å². The quantitative estimate of drug-likeness (QED) is 0.750. The van der Waals surface area contributed by atoms with Crippen LogP contribution in [0.4, 0.5) is 0 Å². The van der Waals surface area contributed by atoms with Gasteiger partial charge in [0.05, 0.1) is 17.6 Å². The minimum atomic E-state index is 0.580. The number of aryl methyl sites for hydroxylation is 1. The van der Waals surface area contributed by atoms with Crippen molar-refractivity contribution >= 4 is 11.0 Å². The van der Waals surface area contributed by atoms with Gasteiger partial charge in [0.1, 0.15) is 0 Å². The van der Waals surface area contributed by atoms with Crippen LogP contribution in [0.3, 0.4) is 0 Å². The molecule has 0 atom stereocenters. The number of rotatable bonds is 4. The SMILES string of the molecule is CCCn1c(=N)n(Cc2ccccc2)c2ccccc21. The van der Waals surface area contributed by atoms with Crippen molar-refractivity contribution in [3.8, 4) is 0 Å². The topological polar surface area (TPSA) is 33.7 Å². The number of nitrogens with zero attached hydrogens (tertiary/aromatic N) is 2. The lowest BCUT2D eigenvalue weighted by molar-refractivity contribution is 0.612. The first-order valence-electron chi connectivity index (χ1n) is 7.08. The number of benzene rings is 2. The first kappa shape index (κ1) is 12.7. The summed E-state index contributed by atoms with van der Waals surface area (Å²) in [5.74, 6) is 0. The van der Waals surface area contributed by atoms with Crippen LogP contribution < -0.4 is 5.62 Å². The van der Waals surface area contributed by atoms with E-state index in [1.165, 1.54) is 5.56 Å². The van der Waals surface area contributed by atoms with E-state index in [1.807, 2.05) is 30.3 Å². The summed E-state index contributed by atoms with van der Waals surface area (Å²) in [4.78, 5) is 0. The predicted molar refractivity (Wildman–Crippen MR) is 81.6 cm³/mol. The first-order valence-corrected chi connectivity index (χ1v) is 7.08. The molecule has 20 heavy (non-hydrogen) atoms. The van der Waals surface area contributed by atoms with Crippen LogP contribution in [-0.4, -0.2) is 9.13 Å². The summed E-state index contributed by atoms with van der Waals surface area (Å²) < 4.78 is 4.18. The Morgan fingerprint density at radius 2 is 1.45 bits per heavy atom. The summed E-state index contributed by atoms with van der Waals surface area (Å²) >= 11 is 0. The fourth-order valence-corrected chi connectivity index (χ4v) is 2.67. The second kappa shape index (κ2) is 5.37. The highest BCUT2D eigenvalue weighted by Crippen LogP contribution is 2.14. The van der Waals surface area contributed by atoms with Crippen LogP contribution >= 0.6 is 0 Å². The third-order valence-corrected chi connectivity index (χ3v) is 3.61. The van der Waals surface area contributed by atoms with E-state index in [4.69, 9.17) is 5.41 Å². The molecule has 0 aliphatic carbocycles. The van der Waals surface area contributed by atoms with E-state index in [9.17, 15) is 0 Å². The first-order chi connectivity index (χ1) is 9.81. The highest BCUT2D eigenvalue weighted by molar-refractivity contribution is 5.76. The molecule has 1 heterocycles. The molecule has 102 valence electrons. The molecule has 0 aliphatic heterocycles. The maximum atomic E-state index is 8.45. The van der Waals surface area contributed by atoms with E-state index in [-0.39, 0.29) is 0 Å².